The second kappa shape index (κ2) is 3.59. The van der Waals surface area contributed by atoms with Crippen LogP contribution in [0.2, 0.25) is 0 Å². The highest BCUT2D eigenvalue weighted by Gasteiger charge is 2.07. The van der Waals surface area contributed by atoms with Gasteiger partial charge in [-0.15, -0.1) is 0 Å². The Bertz CT molecular complexity index is 436. The number of nitrogens with two attached hydrogens (primary N) is 1. The first-order chi connectivity index (χ1) is 6.81. The summed E-state index contributed by atoms with van der Waals surface area (Å²) in [5, 5.41) is 0. The molecule has 2 rings (SSSR count). The first kappa shape index (κ1) is 8.90. The molecule has 0 aliphatic carbocycles. The van der Waals surface area contributed by atoms with Crippen LogP contribution in [0.15, 0.2) is 29.0 Å². The van der Waals surface area contributed by atoms with E-state index in [-0.39, 0.29) is 0 Å². The van der Waals surface area contributed by atoms with E-state index in [4.69, 9.17) is 10.2 Å². The van der Waals surface area contributed by atoms with Crippen LogP contribution < -0.4 is 5.73 Å². The molecule has 72 valence electrons. The molecule has 0 amide bonds. The number of hydrogen-bond donors (Lipinski definition) is 1. The van der Waals surface area contributed by atoms with E-state index < -0.39 is 0 Å². The molecule has 0 radical (unpaired) electrons. The minimum absolute atomic E-state index is 0.423. The van der Waals surface area contributed by atoms with Crippen molar-refractivity contribution >= 4 is 0 Å². The smallest absolute Gasteiger partial charge is 0.162 e. The quantitative estimate of drug-likeness (QED) is 0.777. The van der Waals surface area contributed by atoms with Crippen molar-refractivity contribution < 1.29 is 4.42 Å². The van der Waals surface area contributed by atoms with E-state index >= 15 is 0 Å². The first-order valence-corrected chi connectivity index (χ1v) is 4.37. The average Bonchev–Trinajstić information content (AvgIpc) is 2.65. The zero-order valence-corrected chi connectivity index (χ0v) is 7.90. The Balaban J connectivity index is 2.47. The van der Waals surface area contributed by atoms with Gasteiger partial charge in [0.25, 0.3) is 0 Å². The van der Waals surface area contributed by atoms with Crippen molar-refractivity contribution in [3.05, 3.63) is 36.0 Å². The van der Waals surface area contributed by atoms with Gasteiger partial charge in [0.15, 0.2) is 5.82 Å². The molecule has 0 aromatic carbocycles. The summed E-state index contributed by atoms with van der Waals surface area (Å²) in [6.07, 6.45) is 3.33. The van der Waals surface area contributed by atoms with Crippen LogP contribution in [-0.4, -0.2) is 9.97 Å². The number of rotatable bonds is 2. The van der Waals surface area contributed by atoms with E-state index in [1.807, 2.05) is 13.0 Å². The van der Waals surface area contributed by atoms with Crippen LogP contribution in [0.25, 0.3) is 11.4 Å². The molecule has 4 heteroatoms. The third-order valence-electron chi connectivity index (χ3n) is 2.02. The normalized spacial score (nSPS) is 10.4. The van der Waals surface area contributed by atoms with Gasteiger partial charge < -0.3 is 10.2 Å². The molecule has 4 nitrogen and oxygen atoms in total. The molecule has 0 saturated carbocycles. The highest BCUT2D eigenvalue weighted by molar-refractivity contribution is 5.56. The van der Waals surface area contributed by atoms with Gasteiger partial charge >= 0.3 is 0 Å². The molecular weight excluding hydrogens is 178 g/mol. The van der Waals surface area contributed by atoms with Crippen LogP contribution in [0.5, 0.6) is 0 Å². The fraction of sp³-hybridized carbons (Fsp3) is 0.200. The summed E-state index contributed by atoms with van der Waals surface area (Å²) >= 11 is 0. The van der Waals surface area contributed by atoms with Crippen molar-refractivity contribution in [2.45, 2.75) is 13.5 Å². The topological polar surface area (TPSA) is 64.9 Å². The molecule has 0 bridgehead atoms. The van der Waals surface area contributed by atoms with Gasteiger partial charge in [-0.2, -0.15) is 0 Å². The van der Waals surface area contributed by atoms with Gasteiger partial charge in [-0.25, -0.2) is 9.97 Å². The van der Waals surface area contributed by atoms with Crippen molar-refractivity contribution in [1.82, 2.24) is 9.97 Å². The van der Waals surface area contributed by atoms with Crippen LogP contribution in [0.4, 0.5) is 0 Å². The Hall–Kier alpha value is -1.68. The summed E-state index contributed by atoms with van der Waals surface area (Å²) in [7, 11) is 0. The summed E-state index contributed by atoms with van der Waals surface area (Å²) in [5.74, 6) is 1.48. The molecule has 0 atom stereocenters. The van der Waals surface area contributed by atoms with Crippen LogP contribution >= 0.6 is 0 Å². The van der Waals surface area contributed by atoms with Crippen LogP contribution in [0.3, 0.4) is 0 Å². The Labute approximate surface area is 81.8 Å². The molecule has 0 saturated heterocycles. The maximum atomic E-state index is 5.50. The number of furan rings is 1. The second-order valence-electron chi connectivity index (χ2n) is 2.97. The predicted octanol–water partition coefficient (Wildman–Crippen LogP) is 1.50. The molecule has 2 heterocycles. The van der Waals surface area contributed by atoms with E-state index in [0.29, 0.717) is 12.4 Å². The Morgan fingerprint density at radius 3 is 2.93 bits per heavy atom. The predicted molar refractivity (Wildman–Crippen MR) is 52.4 cm³/mol. The van der Waals surface area contributed by atoms with Crippen molar-refractivity contribution in [3.63, 3.8) is 0 Å². The van der Waals surface area contributed by atoms with E-state index in [1.54, 1.807) is 18.5 Å². The molecule has 0 spiro atoms. The second-order valence-corrected chi connectivity index (χ2v) is 2.97. The lowest BCUT2D eigenvalue weighted by Crippen LogP contribution is -2.01. The molecule has 2 aromatic rings. The van der Waals surface area contributed by atoms with Gasteiger partial charge in [0.1, 0.15) is 5.76 Å². The number of aromatic nitrogens is 2. The molecule has 0 aliphatic heterocycles. The highest BCUT2D eigenvalue weighted by atomic mass is 16.3. The van der Waals surface area contributed by atoms with Gasteiger partial charge in [-0.05, 0) is 19.1 Å². The summed E-state index contributed by atoms with van der Waals surface area (Å²) in [5.41, 5.74) is 7.24. The molecule has 0 fully saturated rings. The number of hydrogen-bond acceptors (Lipinski definition) is 4. The van der Waals surface area contributed by atoms with Crippen molar-refractivity contribution in [2.75, 3.05) is 0 Å². The lowest BCUT2D eigenvalue weighted by Gasteiger charge is -1.99. The summed E-state index contributed by atoms with van der Waals surface area (Å²) < 4.78 is 5.18. The van der Waals surface area contributed by atoms with Gasteiger partial charge in [-0.3, -0.25) is 0 Å². The first-order valence-electron chi connectivity index (χ1n) is 4.37. The lowest BCUT2D eigenvalue weighted by molar-refractivity contribution is 0.535. The van der Waals surface area contributed by atoms with Gasteiger partial charge in [-0.1, -0.05) is 0 Å². The van der Waals surface area contributed by atoms with Crippen LogP contribution in [-0.2, 0) is 6.54 Å². The Kier molecular flexibility index (Phi) is 2.28. The largest absolute Gasteiger partial charge is 0.469 e. The van der Waals surface area contributed by atoms with Crippen LogP contribution in [0.1, 0.15) is 11.5 Å². The van der Waals surface area contributed by atoms with Gasteiger partial charge in [0.2, 0.25) is 0 Å². The van der Waals surface area contributed by atoms with E-state index in [1.165, 1.54) is 0 Å². The minimum atomic E-state index is 0.423. The lowest BCUT2D eigenvalue weighted by atomic mass is 10.2. The molecule has 14 heavy (non-hydrogen) atoms. The third kappa shape index (κ3) is 1.52. The maximum absolute atomic E-state index is 5.50. The van der Waals surface area contributed by atoms with Crippen molar-refractivity contribution in [3.8, 4) is 11.4 Å². The third-order valence-corrected chi connectivity index (χ3v) is 2.02. The van der Waals surface area contributed by atoms with Gasteiger partial charge in [0, 0.05) is 12.7 Å². The zero-order valence-electron chi connectivity index (χ0n) is 7.90. The minimum Gasteiger partial charge on any atom is -0.469 e. The number of nitrogens with zero attached hydrogens (tertiary/aromatic N) is 2. The van der Waals surface area contributed by atoms with Crippen molar-refractivity contribution in [1.29, 1.82) is 0 Å². The summed E-state index contributed by atoms with van der Waals surface area (Å²) in [6.45, 7) is 2.31. The van der Waals surface area contributed by atoms with E-state index in [9.17, 15) is 0 Å². The standard InChI is InChI=1S/C10H11N3O/c1-7-9(3-5-14-7)10-12-4-2-8(6-11)13-10/h2-5H,6,11H2,1H3. The average molecular weight is 189 g/mol. The highest BCUT2D eigenvalue weighted by Crippen LogP contribution is 2.19. The monoisotopic (exact) mass is 189 g/mol. The SMILES string of the molecule is Cc1occc1-c1nccc(CN)n1. The van der Waals surface area contributed by atoms with Crippen LogP contribution in [0, 0.1) is 6.92 Å². The summed E-state index contributed by atoms with van der Waals surface area (Å²) in [6, 6.07) is 3.66. The maximum Gasteiger partial charge on any atom is 0.162 e. The van der Waals surface area contributed by atoms with Gasteiger partial charge in [0.05, 0.1) is 17.5 Å². The molecule has 2 N–H and O–H groups in total. The summed E-state index contributed by atoms with van der Waals surface area (Å²) in [4.78, 5) is 8.46. The molecule has 2 aromatic heterocycles. The Morgan fingerprint density at radius 2 is 2.29 bits per heavy atom. The molecular formula is C10H11N3O. The number of aryl methyl sites for hydroxylation is 1. The van der Waals surface area contributed by atoms with E-state index in [2.05, 4.69) is 9.97 Å². The molecule has 0 unspecified atom stereocenters. The van der Waals surface area contributed by atoms with Crippen molar-refractivity contribution in [2.24, 2.45) is 5.73 Å². The van der Waals surface area contributed by atoms with E-state index in [0.717, 1.165) is 17.0 Å². The fourth-order valence-electron chi connectivity index (χ4n) is 1.26. The fourth-order valence-corrected chi connectivity index (χ4v) is 1.26. The molecule has 0 aliphatic rings. The Morgan fingerprint density at radius 1 is 1.43 bits per heavy atom. The zero-order chi connectivity index (χ0) is 9.97.